The topological polar surface area (TPSA) is 71.0 Å². The van der Waals surface area contributed by atoms with Gasteiger partial charge in [-0.25, -0.2) is 0 Å². The van der Waals surface area contributed by atoms with Gasteiger partial charge >= 0.3 is 0 Å². The van der Waals surface area contributed by atoms with E-state index in [0.29, 0.717) is 12.1 Å². The third-order valence-electron chi connectivity index (χ3n) is 8.51. The van der Waals surface area contributed by atoms with E-state index in [1.807, 2.05) is 54.6 Å². The largest absolute Gasteiger partial charge is 0.392 e. The molecule has 0 aromatic heterocycles. The van der Waals surface area contributed by atoms with Crippen LogP contribution in [0.15, 0.2) is 103 Å². The second kappa shape index (κ2) is 14.1. The first kappa shape index (κ1) is 29.3. The van der Waals surface area contributed by atoms with E-state index >= 15 is 0 Å². The van der Waals surface area contributed by atoms with Crippen LogP contribution in [0.25, 0.3) is 11.1 Å². The second-order valence-electron chi connectivity index (χ2n) is 11.5. The number of likely N-dealkylation sites (tertiary alicyclic amines) is 1. The molecule has 2 N–H and O–H groups in total. The number of rotatable bonds is 9. The van der Waals surface area contributed by atoms with E-state index in [2.05, 4.69) is 58.7 Å². The number of nitrogens with zero attached hydrogens (tertiary/aromatic N) is 1. The zero-order valence-corrected chi connectivity index (χ0v) is 24.5. The fraction of sp³-hybridized carbons (Fsp3) is 0.324. The number of aliphatic hydroxyl groups is 1. The summed E-state index contributed by atoms with van der Waals surface area (Å²) < 4.78 is 13.2. The zero-order chi connectivity index (χ0) is 29.4. The van der Waals surface area contributed by atoms with Crippen LogP contribution >= 0.6 is 0 Å². The normalized spacial score (nSPS) is 20.9. The van der Waals surface area contributed by atoms with Crippen LogP contribution in [0.4, 0.5) is 0 Å². The van der Waals surface area contributed by atoms with Crippen molar-refractivity contribution in [1.29, 1.82) is 0 Å². The molecule has 0 spiro atoms. The number of carbonyl (C=O) groups is 1. The van der Waals surface area contributed by atoms with Crippen molar-refractivity contribution >= 4 is 5.91 Å². The Hall–Kier alpha value is -3.81. The van der Waals surface area contributed by atoms with E-state index in [1.165, 1.54) is 19.3 Å². The van der Waals surface area contributed by atoms with Gasteiger partial charge in [0, 0.05) is 30.6 Å². The molecule has 6 heteroatoms. The molecule has 0 bridgehead atoms. The summed E-state index contributed by atoms with van der Waals surface area (Å²) in [6.07, 6.45) is 4.10. The molecule has 6 rings (SSSR count). The van der Waals surface area contributed by atoms with Crippen LogP contribution in [0.5, 0.6) is 0 Å². The highest BCUT2D eigenvalue weighted by Gasteiger charge is 2.33. The second-order valence-corrected chi connectivity index (χ2v) is 11.5. The maximum Gasteiger partial charge on any atom is 0.251 e. The number of hydrogen-bond acceptors (Lipinski definition) is 5. The smallest absolute Gasteiger partial charge is 0.251 e. The molecule has 2 saturated heterocycles. The predicted octanol–water partition coefficient (Wildman–Crippen LogP) is 6.81. The van der Waals surface area contributed by atoms with Gasteiger partial charge in [0.2, 0.25) is 0 Å². The Kier molecular flexibility index (Phi) is 9.60. The van der Waals surface area contributed by atoms with Gasteiger partial charge < -0.3 is 24.8 Å². The molecule has 2 fully saturated rings. The molecule has 3 atom stereocenters. The predicted molar refractivity (Wildman–Crippen MR) is 168 cm³/mol. The first-order valence-electron chi connectivity index (χ1n) is 15.4. The number of aliphatic hydroxyl groups excluding tert-OH is 1. The summed E-state index contributed by atoms with van der Waals surface area (Å²) in [4.78, 5) is 15.2. The van der Waals surface area contributed by atoms with Crippen molar-refractivity contribution in [3.05, 3.63) is 131 Å². The average Bonchev–Trinajstić information content (AvgIpc) is 3.08. The Bertz CT molecular complexity index is 1470. The Labute approximate surface area is 254 Å². The SMILES string of the molecule is O=C(NCc1ccccc1-c1ccc(C2OC(CN3CCCCC3)CC(c3ccc(CO)cc3)O2)cc1)c1ccccc1. The van der Waals surface area contributed by atoms with E-state index in [4.69, 9.17) is 9.47 Å². The highest BCUT2D eigenvalue weighted by Crippen LogP contribution is 2.39. The fourth-order valence-electron chi connectivity index (χ4n) is 6.11. The van der Waals surface area contributed by atoms with Crippen LogP contribution in [0.1, 0.15) is 70.7 Å². The molecule has 43 heavy (non-hydrogen) atoms. The third kappa shape index (κ3) is 7.40. The lowest BCUT2D eigenvalue weighted by Gasteiger charge is -2.39. The molecule has 4 aromatic carbocycles. The van der Waals surface area contributed by atoms with Gasteiger partial charge in [-0.3, -0.25) is 4.79 Å². The number of benzene rings is 4. The minimum atomic E-state index is -0.472. The lowest BCUT2D eigenvalue weighted by molar-refractivity contribution is -0.253. The lowest BCUT2D eigenvalue weighted by atomic mass is 9.97. The summed E-state index contributed by atoms with van der Waals surface area (Å²) >= 11 is 0. The van der Waals surface area contributed by atoms with Gasteiger partial charge in [-0.05, 0) is 65.9 Å². The van der Waals surface area contributed by atoms with E-state index in [-0.39, 0.29) is 24.7 Å². The minimum absolute atomic E-state index is 0.0317. The van der Waals surface area contributed by atoms with Gasteiger partial charge in [-0.2, -0.15) is 0 Å². The summed E-state index contributed by atoms with van der Waals surface area (Å²) in [7, 11) is 0. The molecular weight excluding hydrogens is 536 g/mol. The number of ether oxygens (including phenoxy) is 2. The highest BCUT2D eigenvalue weighted by atomic mass is 16.7. The van der Waals surface area contributed by atoms with Crippen LogP contribution in [0.2, 0.25) is 0 Å². The molecule has 3 unspecified atom stereocenters. The lowest BCUT2D eigenvalue weighted by Crippen LogP contribution is -2.41. The Morgan fingerprint density at radius 1 is 0.791 bits per heavy atom. The van der Waals surface area contributed by atoms with Crippen LogP contribution in [-0.2, 0) is 22.6 Å². The monoisotopic (exact) mass is 576 g/mol. The molecular formula is C37H40N2O4. The van der Waals surface area contributed by atoms with Crippen molar-refractivity contribution in [1.82, 2.24) is 10.2 Å². The van der Waals surface area contributed by atoms with Gasteiger partial charge in [0.25, 0.3) is 5.91 Å². The Morgan fingerprint density at radius 2 is 1.49 bits per heavy atom. The quantitative estimate of drug-likeness (QED) is 0.229. The Balaban J connectivity index is 1.18. The third-order valence-corrected chi connectivity index (χ3v) is 8.51. The van der Waals surface area contributed by atoms with Crippen LogP contribution in [-0.4, -0.2) is 41.7 Å². The summed E-state index contributed by atoms with van der Waals surface area (Å²) in [5, 5.41) is 12.6. The van der Waals surface area contributed by atoms with Crippen molar-refractivity contribution in [2.24, 2.45) is 0 Å². The van der Waals surface area contributed by atoms with Gasteiger partial charge in [0.15, 0.2) is 6.29 Å². The van der Waals surface area contributed by atoms with Crippen molar-refractivity contribution in [2.45, 2.75) is 57.3 Å². The number of hydrogen-bond donors (Lipinski definition) is 2. The van der Waals surface area contributed by atoms with Crippen molar-refractivity contribution in [3.8, 4) is 11.1 Å². The molecule has 2 aliphatic rings. The van der Waals surface area contributed by atoms with E-state index < -0.39 is 6.29 Å². The molecule has 0 radical (unpaired) electrons. The van der Waals surface area contributed by atoms with Gasteiger partial charge in [0.1, 0.15) is 0 Å². The summed E-state index contributed by atoms with van der Waals surface area (Å²) in [5.41, 5.74) is 6.85. The van der Waals surface area contributed by atoms with E-state index in [0.717, 1.165) is 59.4 Å². The van der Waals surface area contributed by atoms with Crippen molar-refractivity contribution in [2.75, 3.05) is 19.6 Å². The summed E-state index contributed by atoms with van der Waals surface area (Å²) in [6.45, 7) is 3.63. The first-order chi connectivity index (χ1) is 21.2. The first-order valence-corrected chi connectivity index (χ1v) is 15.4. The summed E-state index contributed by atoms with van der Waals surface area (Å²) in [5.74, 6) is -0.0861. The number of nitrogens with one attached hydrogen (secondary N) is 1. The maximum absolute atomic E-state index is 12.6. The molecule has 2 heterocycles. The fourth-order valence-corrected chi connectivity index (χ4v) is 6.11. The maximum atomic E-state index is 12.6. The zero-order valence-electron chi connectivity index (χ0n) is 24.5. The molecule has 222 valence electrons. The molecule has 0 saturated carbocycles. The summed E-state index contributed by atoms with van der Waals surface area (Å²) in [6, 6.07) is 33.9. The number of carbonyl (C=O) groups excluding carboxylic acids is 1. The van der Waals surface area contributed by atoms with E-state index in [1.54, 1.807) is 0 Å². The molecule has 6 nitrogen and oxygen atoms in total. The van der Waals surface area contributed by atoms with E-state index in [9.17, 15) is 9.90 Å². The molecule has 2 aliphatic heterocycles. The highest BCUT2D eigenvalue weighted by molar-refractivity contribution is 5.94. The van der Waals surface area contributed by atoms with Crippen molar-refractivity contribution < 1.29 is 19.4 Å². The minimum Gasteiger partial charge on any atom is -0.392 e. The standard InChI is InChI=1S/C37H40N2O4/c40-26-27-13-15-29(16-14-27)35-23-33(25-39-21-7-2-8-22-39)42-37(43-35)31-19-17-28(18-20-31)34-12-6-5-11-32(34)24-38-36(41)30-9-3-1-4-10-30/h1,3-6,9-20,33,35,37,40H,2,7-8,21-26H2,(H,38,41). The van der Waals surface area contributed by atoms with Crippen LogP contribution < -0.4 is 5.32 Å². The van der Waals surface area contributed by atoms with Gasteiger partial charge in [0.05, 0.1) is 18.8 Å². The molecule has 0 aliphatic carbocycles. The number of amides is 1. The molecule has 4 aromatic rings. The van der Waals surface area contributed by atoms with Gasteiger partial charge in [-0.15, -0.1) is 0 Å². The van der Waals surface area contributed by atoms with Crippen molar-refractivity contribution in [3.63, 3.8) is 0 Å². The Morgan fingerprint density at radius 3 is 2.23 bits per heavy atom. The van der Waals surface area contributed by atoms with Crippen LogP contribution in [0, 0.1) is 0 Å². The number of piperidine rings is 1. The average molecular weight is 577 g/mol. The van der Waals surface area contributed by atoms with Crippen LogP contribution in [0.3, 0.4) is 0 Å². The van der Waals surface area contributed by atoms with Gasteiger partial charge in [-0.1, -0.05) is 97.4 Å². The molecule has 1 amide bonds.